The lowest BCUT2D eigenvalue weighted by molar-refractivity contribution is -0.144. The van der Waals surface area contributed by atoms with Crippen LogP contribution in [0.5, 0.6) is 0 Å². The van der Waals surface area contributed by atoms with E-state index < -0.39 is 0 Å². The Labute approximate surface area is 131 Å². The van der Waals surface area contributed by atoms with E-state index in [2.05, 4.69) is 26.0 Å². The van der Waals surface area contributed by atoms with E-state index in [1.807, 2.05) is 25.1 Å². The van der Waals surface area contributed by atoms with Gasteiger partial charge in [0.2, 0.25) is 5.91 Å². The van der Waals surface area contributed by atoms with Gasteiger partial charge in [0.25, 0.3) is 0 Å². The number of carbonyl (C=O) groups is 2. The van der Waals surface area contributed by atoms with Crippen molar-refractivity contribution in [2.45, 2.75) is 13.8 Å². The Hall–Kier alpha value is -1.01. The lowest BCUT2D eigenvalue weighted by Crippen LogP contribution is -2.18. The number of nitrogens with one attached hydrogen (secondary N) is 1. The summed E-state index contributed by atoms with van der Waals surface area (Å²) in [5.74, 6) is 0.363. The number of amides is 1. The number of rotatable bonds is 6. The molecule has 0 saturated heterocycles. The zero-order chi connectivity index (χ0) is 15.1. The summed E-state index contributed by atoms with van der Waals surface area (Å²) in [6, 6.07) is 5.69. The van der Waals surface area contributed by atoms with Gasteiger partial charge < -0.3 is 10.1 Å². The summed E-state index contributed by atoms with van der Waals surface area (Å²) in [5, 5.41) is 2.86. The van der Waals surface area contributed by atoms with Crippen molar-refractivity contribution in [1.29, 1.82) is 0 Å². The third-order valence-corrected chi connectivity index (χ3v) is 4.36. The van der Waals surface area contributed by atoms with Gasteiger partial charge in [0.15, 0.2) is 0 Å². The van der Waals surface area contributed by atoms with Crippen molar-refractivity contribution in [3.8, 4) is 0 Å². The van der Waals surface area contributed by atoms with Crippen LogP contribution in [0, 0.1) is 12.8 Å². The Kier molecular flexibility index (Phi) is 7.09. The highest BCUT2D eigenvalue weighted by Crippen LogP contribution is 2.20. The molecule has 1 amide bonds. The van der Waals surface area contributed by atoms with Crippen LogP contribution >= 0.6 is 27.7 Å². The molecule has 20 heavy (non-hydrogen) atoms. The molecule has 1 atom stereocenters. The molecular formula is C14H18BrNO3S. The van der Waals surface area contributed by atoms with Crippen LogP contribution in [-0.4, -0.2) is 30.5 Å². The van der Waals surface area contributed by atoms with E-state index in [4.69, 9.17) is 0 Å². The molecule has 0 spiro atoms. The molecular weight excluding hydrogens is 342 g/mol. The molecule has 0 aliphatic rings. The molecule has 0 radical (unpaired) electrons. The lowest BCUT2D eigenvalue weighted by Gasteiger charge is -2.10. The number of esters is 1. The van der Waals surface area contributed by atoms with Crippen LogP contribution < -0.4 is 5.32 Å². The highest BCUT2D eigenvalue weighted by atomic mass is 79.9. The van der Waals surface area contributed by atoms with Gasteiger partial charge in [0, 0.05) is 15.9 Å². The normalized spacial score (nSPS) is 11.8. The Balaban J connectivity index is 2.39. The van der Waals surface area contributed by atoms with E-state index in [1.54, 1.807) is 6.92 Å². The minimum atomic E-state index is -0.248. The van der Waals surface area contributed by atoms with Gasteiger partial charge in [-0.3, -0.25) is 9.59 Å². The van der Waals surface area contributed by atoms with Crippen LogP contribution in [0.3, 0.4) is 0 Å². The second kappa shape index (κ2) is 8.32. The van der Waals surface area contributed by atoms with Crippen LogP contribution in [0.15, 0.2) is 22.7 Å². The first-order chi connectivity index (χ1) is 9.43. The standard InChI is InChI=1S/C14H18BrNO3S/c1-9-6-11(15)4-5-12(9)16-13(17)8-20-7-10(2)14(18)19-3/h4-6,10H,7-8H2,1-3H3,(H,16,17). The second-order valence-corrected chi connectivity index (χ2v) is 6.39. The number of carbonyl (C=O) groups excluding carboxylic acids is 2. The van der Waals surface area contributed by atoms with Crippen molar-refractivity contribution < 1.29 is 14.3 Å². The molecule has 0 heterocycles. The summed E-state index contributed by atoms with van der Waals surface area (Å²) in [4.78, 5) is 23.0. The first kappa shape index (κ1) is 17.0. The van der Waals surface area contributed by atoms with Crippen molar-refractivity contribution in [1.82, 2.24) is 0 Å². The first-order valence-electron chi connectivity index (χ1n) is 6.15. The van der Waals surface area contributed by atoms with E-state index in [0.717, 1.165) is 15.7 Å². The van der Waals surface area contributed by atoms with E-state index in [-0.39, 0.29) is 17.8 Å². The topological polar surface area (TPSA) is 55.4 Å². The second-order valence-electron chi connectivity index (χ2n) is 4.45. The summed E-state index contributed by atoms with van der Waals surface area (Å²) < 4.78 is 5.62. The zero-order valence-electron chi connectivity index (χ0n) is 11.7. The van der Waals surface area contributed by atoms with Crippen LogP contribution in [0.25, 0.3) is 0 Å². The number of benzene rings is 1. The van der Waals surface area contributed by atoms with Gasteiger partial charge in [-0.1, -0.05) is 22.9 Å². The minimum absolute atomic E-state index is 0.0718. The molecule has 0 bridgehead atoms. The maximum atomic E-state index is 11.8. The van der Waals surface area contributed by atoms with Gasteiger partial charge in [0.05, 0.1) is 18.8 Å². The number of ether oxygens (including phenoxy) is 1. The molecule has 0 aromatic heterocycles. The Morgan fingerprint density at radius 1 is 1.45 bits per heavy atom. The number of halogens is 1. The van der Waals surface area contributed by atoms with Gasteiger partial charge in [-0.15, -0.1) is 0 Å². The third kappa shape index (κ3) is 5.54. The summed E-state index contributed by atoms with van der Waals surface area (Å²) in [6.45, 7) is 3.72. The van der Waals surface area contributed by atoms with Crippen LogP contribution in [0.2, 0.25) is 0 Å². The molecule has 0 aliphatic heterocycles. The maximum Gasteiger partial charge on any atom is 0.309 e. The van der Waals surface area contributed by atoms with Gasteiger partial charge in [0.1, 0.15) is 0 Å². The molecule has 1 rings (SSSR count). The summed E-state index contributed by atoms with van der Waals surface area (Å²) in [5.41, 5.74) is 1.81. The van der Waals surface area contributed by atoms with E-state index in [1.165, 1.54) is 18.9 Å². The Bertz CT molecular complexity index is 493. The van der Waals surface area contributed by atoms with E-state index in [0.29, 0.717) is 11.5 Å². The fraction of sp³-hybridized carbons (Fsp3) is 0.429. The average Bonchev–Trinajstić information content (AvgIpc) is 2.41. The molecule has 1 unspecified atom stereocenters. The summed E-state index contributed by atoms with van der Waals surface area (Å²) >= 11 is 4.80. The number of thioether (sulfide) groups is 1. The monoisotopic (exact) mass is 359 g/mol. The number of methoxy groups -OCH3 is 1. The van der Waals surface area contributed by atoms with Crippen molar-refractivity contribution >= 4 is 45.3 Å². The molecule has 1 N–H and O–H groups in total. The predicted octanol–water partition coefficient (Wildman–Crippen LogP) is 3.24. The number of anilines is 1. The SMILES string of the molecule is COC(=O)C(C)CSCC(=O)Nc1ccc(Br)cc1C. The van der Waals surface area contributed by atoms with E-state index in [9.17, 15) is 9.59 Å². The molecule has 1 aromatic rings. The summed E-state index contributed by atoms with van der Waals surface area (Å²) in [7, 11) is 1.37. The van der Waals surface area contributed by atoms with Crippen molar-refractivity contribution in [2.75, 3.05) is 23.9 Å². The maximum absolute atomic E-state index is 11.8. The van der Waals surface area contributed by atoms with Crippen LogP contribution in [0.1, 0.15) is 12.5 Å². The third-order valence-electron chi connectivity index (χ3n) is 2.67. The minimum Gasteiger partial charge on any atom is -0.469 e. The molecule has 1 aromatic carbocycles. The molecule has 0 saturated carbocycles. The molecule has 110 valence electrons. The molecule has 6 heteroatoms. The number of aryl methyl sites for hydroxylation is 1. The van der Waals surface area contributed by atoms with Crippen molar-refractivity contribution in [3.63, 3.8) is 0 Å². The largest absolute Gasteiger partial charge is 0.469 e. The molecule has 4 nitrogen and oxygen atoms in total. The Morgan fingerprint density at radius 2 is 2.15 bits per heavy atom. The van der Waals surface area contributed by atoms with Crippen molar-refractivity contribution in [2.24, 2.45) is 5.92 Å². The number of hydrogen-bond acceptors (Lipinski definition) is 4. The fourth-order valence-corrected chi connectivity index (χ4v) is 2.89. The van der Waals surface area contributed by atoms with E-state index >= 15 is 0 Å². The molecule has 0 aliphatic carbocycles. The molecule has 0 fully saturated rings. The lowest BCUT2D eigenvalue weighted by atomic mass is 10.2. The van der Waals surface area contributed by atoms with Gasteiger partial charge >= 0.3 is 5.97 Å². The van der Waals surface area contributed by atoms with Crippen molar-refractivity contribution in [3.05, 3.63) is 28.2 Å². The smallest absolute Gasteiger partial charge is 0.309 e. The van der Waals surface area contributed by atoms with Gasteiger partial charge in [-0.25, -0.2) is 0 Å². The zero-order valence-corrected chi connectivity index (χ0v) is 14.1. The predicted molar refractivity (Wildman–Crippen MR) is 86.0 cm³/mol. The quantitative estimate of drug-likeness (QED) is 0.792. The fourth-order valence-electron chi connectivity index (χ4n) is 1.55. The van der Waals surface area contributed by atoms with Crippen LogP contribution in [-0.2, 0) is 14.3 Å². The Morgan fingerprint density at radius 3 is 2.75 bits per heavy atom. The van der Waals surface area contributed by atoms with Crippen LogP contribution in [0.4, 0.5) is 5.69 Å². The summed E-state index contributed by atoms with van der Waals surface area (Å²) in [6.07, 6.45) is 0. The first-order valence-corrected chi connectivity index (χ1v) is 8.10. The average molecular weight is 360 g/mol. The van der Waals surface area contributed by atoms with Gasteiger partial charge in [-0.05, 0) is 30.7 Å². The highest BCUT2D eigenvalue weighted by molar-refractivity contribution is 9.10. The number of hydrogen-bond donors (Lipinski definition) is 1. The highest BCUT2D eigenvalue weighted by Gasteiger charge is 2.14. The van der Waals surface area contributed by atoms with Gasteiger partial charge in [-0.2, -0.15) is 11.8 Å².